The first kappa shape index (κ1) is 13.6. The van der Waals surface area contributed by atoms with Crippen molar-refractivity contribution in [3.8, 4) is 0 Å². The average molecular weight is 267 g/mol. The van der Waals surface area contributed by atoms with Gasteiger partial charge in [0.05, 0.1) is 11.8 Å². The van der Waals surface area contributed by atoms with Crippen LogP contribution in [0.5, 0.6) is 0 Å². The zero-order valence-electron chi connectivity index (χ0n) is 11.3. The first-order valence-electron chi connectivity index (χ1n) is 6.47. The zero-order chi connectivity index (χ0) is 13.0. The summed E-state index contributed by atoms with van der Waals surface area (Å²) in [6.07, 6.45) is 2.04. The number of rotatable bonds is 6. The van der Waals surface area contributed by atoms with Gasteiger partial charge in [-0.25, -0.2) is 9.97 Å². The molecule has 1 aromatic heterocycles. The van der Waals surface area contributed by atoms with Gasteiger partial charge in [-0.05, 0) is 13.3 Å². The SMILES string of the molecule is CCCNc1nc(CC(C)OC)nc2c1CSC2. The van der Waals surface area contributed by atoms with Crippen LogP contribution in [0.2, 0.25) is 0 Å². The summed E-state index contributed by atoms with van der Waals surface area (Å²) in [5.74, 6) is 3.96. The van der Waals surface area contributed by atoms with Gasteiger partial charge in [-0.3, -0.25) is 0 Å². The van der Waals surface area contributed by atoms with E-state index >= 15 is 0 Å². The highest BCUT2D eigenvalue weighted by Crippen LogP contribution is 2.32. The Kier molecular flexibility index (Phi) is 4.83. The van der Waals surface area contributed by atoms with Crippen molar-refractivity contribution in [1.82, 2.24) is 9.97 Å². The molecule has 2 heterocycles. The summed E-state index contributed by atoms with van der Waals surface area (Å²) in [7, 11) is 1.73. The lowest BCUT2D eigenvalue weighted by Crippen LogP contribution is -2.15. The van der Waals surface area contributed by atoms with Crippen molar-refractivity contribution < 1.29 is 4.74 Å². The quantitative estimate of drug-likeness (QED) is 0.858. The number of ether oxygens (including phenoxy) is 1. The predicted molar refractivity (Wildman–Crippen MR) is 76.0 cm³/mol. The van der Waals surface area contributed by atoms with E-state index in [0.717, 1.165) is 42.5 Å². The van der Waals surface area contributed by atoms with E-state index in [2.05, 4.69) is 22.2 Å². The zero-order valence-corrected chi connectivity index (χ0v) is 12.1. The Morgan fingerprint density at radius 3 is 2.94 bits per heavy atom. The Bertz CT molecular complexity index is 411. The van der Waals surface area contributed by atoms with E-state index in [1.54, 1.807) is 7.11 Å². The second-order valence-corrected chi connectivity index (χ2v) is 5.57. The summed E-state index contributed by atoms with van der Waals surface area (Å²) < 4.78 is 5.29. The van der Waals surface area contributed by atoms with Crippen LogP contribution in [0.3, 0.4) is 0 Å². The van der Waals surface area contributed by atoms with Crippen LogP contribution in [-0.2, 0) is 22.7 Å². The minimum Gasteiger partial charge on any atom is -0.381 e. The maximum absolute atomic E-state index is 5.29. The molecule has 0 spiro atoms. The van der Waals surface area contributed by atoms with Crippen molar-refractivity contribution in [2.24, 2.45) is 0 Å². The van der Waals surface area contributed by atoms with E-state index < -0.39 is 0 Å². The van der Waals surface area contributed by atoms with Crippen LogP contribution in [-0.4, -0.2) is 29.7 Å². The maximum Gasteiger partial charge on any atom is 0.134 e. The van der Waals surface area contributed by atoms with E-state index in [1.807, 2.05) is 18.7 Å². The molecule has 0 aliphatic carbocycles. The fraction of sp³-hybridized carbons (Fsp3) is 0.692. The molecule has 1 N–H and O–H groups in total. The highest BCUT2D eigenvalue weighted by molar-refractivity contribution is 7.98. The lowest BCUT2D eigenvalue weighted by Gasteiger charge is -2.13. The molecule has 100 valence electrons. The van der Waals surface area contributed by atoms with Crippen LogP contribution in [0.4, 0.5) is 5.82 Å². The normalized spacial score (nSPS) is 15.5. The number of aromatic nitrogens is 2. The van der Waals surface area contributed by atoms with Crippen LogP contribution >= 0.6 is 11.8 Å². The van der Waals surface area contributed by atoms with E-state index in [-0.39, 0.29) is 6.10 Å². The van der Waals surface area contributed by atoms with Gasteiger partial charge in [-0.2, -0.15) is 11.8 Å². The summed E-state index contributed by atoms with van der Waals surface area (Å²) in [6, 6.07) is 0. The molecule has 1 aliphatic rings. The molecule has 0 radical (unpaired) electrons. The number of methoxy groups -OCH3 is 1. The van der Waals surface area contributed by atoms with Crippen molar-refractivity contribution in [2.75, 3.05) is 19.0 Å². The molecule has 18 heavy (non-hydrogen) atoms. The number of hydrogen-bond donors (Lipinski definition) is 1. The summed E-state index contributed by atoms with van der Waals surface area (Å²) in [6.45, 7) is 5.18. The van der Waals surface area contributed by atoms with E-state index in [1.165, 1.54) is 11.3 Å². The van der Waals surface area contributed by atoms with Gasteiger partial charge in [-0.1, -0.05) is 6.92 Å². The number of fused-ring (bicyclic) bond motifs is 1. The van der Waals surface area contributed by atoms with Gasteiger partial charge < -0.3 is 10.1 Å². The molecule has 1 aliphatic heterocycles. The predicted octanol–water partition coefficient (Wildman–Crippen LogP) is 2.62. The number of thioether (sulfide) groups is 1. The van der Waals surface area contributed by atoms with Crippen LogP contribution in [0, 0.1) is 0 Å². The fourth-order valence-electron chi connectivity index (χ4n) is 1.92. The van der Waals surface area contributed by atoms with E-state index in [9.17, 15) is 0 Å². The summed E-state index contributed by atoms with van der Waals surface area (Å²) in [5, 5.41) is 3.42. The molecule has 1 atom stereocenters. The summed E-state index contributed by atoms with van der Waals surface area (Å²) in [5.41, 5.74) is 2.49. The standard InChI is InChI=1S/C13H21N3OS/c1-4-5-14-13-10-7-18-8-11(10)15-12(16-13)6-9(2)17-3/h9H,4-8H2,1-3H3,(H,14,15,16). The number of nitrogens with zero attached hydrogens (tertiary/aromatic N) is 2. The van der Waals surface area contributed by atoms with Gasteiger partial charge in [-0.15, -0.1) is 0 Å². The largest absolute Gasteiger partial charge is 0.381 e. The highest BCUT2D eigenvalue weighted by Gasteiger charge is 2.20. The maximum atomic E-state index is 5.29. The van der Waals surface area contributed by atoms with Crippen LogP contribution < -0.4 is 5.32 Å². The van der Waals surface area contributed by atoms with Gasteiger partial charge in [0.2, 0.25) is 0 Å². The average Bonchev–Trinajstić information content (AvgIpc) is 2.84. The lowest BCUT2D eigenvalue weighted by atomic mass is 10.2. The molecule has 2 rings (SSSR count). The molecule has 5 heteroatoms. The third kappa shape index (κ3) is 3.14. The summed E-state index contributed by atoms with van der Waals surface area (Å²) >= 11 is 1.91. The van der Waals surface area contributed by atoms with Crippen LogP contribution in [0.25, 0.3) is 0 Å². The Balaban J connectivity index is 2.21. The molecule has 0 amide bonds. The number of anilines is 1. The van der Waals surface area contributed by atoms with Crippen molar-refractivity contribution in [3.05, 3.63) is 17.1 Å². The minimum absolute atomic E-state index is 0.163. The second-order valence-electron chi connectivity index (χ2n) is 4.58. The Morgan fingerprint density at radius 2 is 2.22 bits per heavy atom. The van der Waals surface area contributed by atoms with E-state index in [4.69, 9.17) is 4.74 Å². The first-order chi connectivity index (χ1) is 8.74. The topological polar surface area (TPSA) is 47.0 Å². The van der Waals surface area contributed by atoms with Crippen molar-refractivity contribution in [1.29, 1.82) is 0 Å². The van der Waals surface area contributed by atoms with Gasteiger partial charge in [0.15, 0.2) is 0 Å². The first-order valence-corrected chi connectivity index (χ1v) is 7.63. The molecule has 1 aromatic rings. The Labute approximate surface area is 113 Å². The molecule has 0 aromatic carbocycles. The monoisotopic (exact) mass is 267 g/mol. The van der Waals surface area contributed by atoms with Crippen LogP contribution in [0.1, 0.15) is 37.4 Å². The number of nitrogens with one attached hydrogen (secondary N) is 1. The van der Waals surface area contributed by atoms with Gasteiger partial charge in [0.1, 0.15) is 11.6 Å². The van der Waals surface area contributed by atoms with Gasteiger partial charge in [0, 0.05) is 37.1 Å². The molecule has 1 unspecified atom stereocenters. The third-order valence-electron chi connectivity index (χ3n) is 3.04. The van der Waals surface area contributed by atoms with Crippen LogP contribution in [0.15, 0.2) is 0 Å². The molecule has 0 bridgehead atoms. The van der Waals surface area contributed by atoms with Crippen molar-refractivity contribution in [3.63, 3.8) is 0 Å². The lowest BCUT2D eigenvalue weighted by molar-refractivity contribution is 0.117. The molecule has 4 nitrogen and oxygen atoms in total. The third-order valence-corrected chi connectivity index (χ3v) is 4.01. The molecule has 0 saturated carbocycles. The Morgan fingerprint density at radius 1 is 1.39 bits per heavy atom. The minimum atomic E-state index is 0.163. The van der Waals surface area contributed by atoms with Crippen molar-refractivity contribution >= 4 is 17.6 Å². The molecular formula is C13H21N3OS. The molecule has 0 saturated heterocycles. The number of hydrogen-bond acceptors (Lipinski definition) is 5. The second kappa shape index (κ2) is 6.38. The van der Waals surface area contributed by atoms with Crippen molar-refractivity contribution in [2.45, 2.75) is 44.3 Å². The smallest absolute Gasteiger partial charge is 0.134 e. The summed E-state index contributed by atoms with van der Waals surface area (Å²) in [4.78, 5) is 9.31. The van der Waals surface area contributed by atoms with Gasteiger partial charge >= 0.3 is 0 Å². The molecular weight excluding hydrogens is 246 g/mol. The van der Waals surface area contributed by atoms with Gasteiger partial charge in [0.25, 0.3) is 0 Å². The molecule has 0 fully saturated rings. The fourth-order valence-corrected chi connectivity index (χ4v) is 2.97. The van der Waals surface area contributed by atoms with E-state index in [0.29, 0.717) is 0 Å². The highest BCUT2D eigenvalue weighted by atomic mass is 32.2. The Hall–Kier alpha value is -0.810.